The van der Waals surface area contributed by atoms with Gasteiger partial charge in [-0.3, -0.25) is 4.79 Å². The van der Waals surface area contributed by atoms with Crippen molar-refractivity contribution in [2.75, 3.05) is 6.61 Å². The molecule has 0 bridgehead atoms. The minimum absolute atomic E-state index is 0.116. The van der Waals surface area contributed by atoms with Crippen LogP contribution in [0.25, 0.3) is 0 Å². The molecule has 4 nitrogen and oxygen atoms in total. The molecule has 0 aliphatic heterocycles. The quantitative estimate of drug-likeness (QED) is 0.843. The summed E-state index contributed by atoms with van der Waals surface area (Å²) >= 11 is 0. The van der Waals surface area contributed by atoms with Gasteiger partial charge in [0.15, 0.2) is 11.6 Å². The van der Waals surface area contributed by atoms with E-state index in [1.807, 2.05) is 13.8 Å². The van der Waals surface area contributed by atoms with E-state index in [1.54, 1.807) is 18.2 Å². The molecule has 1 heterocycles. The maximum atomic E-state index is 13.2. The molecule has 1 unspecified atom stereocenters. The molecule has 6 heteroatoms. The molecule has 2 aromatic rings. The maximum Gasteiger partial charge on any atom is 0.251 e. The fraction of sp³-hybridized carbons (Fsp3) is 0.333. The van der Waals surface area contributed by atoms with Gasteiger partial charge in [-0.2, -0.15) is 0 Å². The van der Waals surface area contributed by atoms with Crippen LogP contribution in [0.4, 0.5) is 8.78 Å². The second kappa shape index (κ2) is 8.38. The highest BCUT2D eigenvalue weighted by Gasteiger charge is 2.12. The molecule has 1 aromatic heterocycles. The van der Waals surface area contributed by atoms with Gasteiger partial charge in [-0.1, -0.05) is 6.07 Å². The summed E-state index contributed by atoms with van der Waals surface area (Å²) in [5.74, 6) is -1.54. The van der Waals surface area contributed by atoms with Crippen molar-refractivity contribution in [3.63, 3.8) is 0 Å². The number of hydrogen-bond acceptors (Lipinski definition) is 3. The molecule has 0 spiro atoms. The average Bonchev–Trinajstić information content (AvgIpc) is 2.56. The first-order chi connectivity index (χ1) is 11.5. The van der Waals surface area contributed by atoms with Gasteiger partial charge >= 0.3 is 0 Å². The zero-order valence-corrected chi connectivity index (χ0v) is 13.7. The molecule has 0 aliphatic carbocycles. The van der Waals surface area contributed by atoms with Crippen LogP contribution in [0.3, 0.4) is 0 Å². The summed E-state index contributed by atoms with van der Waals surface area (Å²) in [7, 11) is 0. The van der Waals surface area contributed by atoms with Crippen molar-refractivity contribution >= 4 is 5.91 Å². The smallest absolute Gasteiger partial charge is 0.251 e. The van der Waals surface area contributed by atoms with Gasteiger partial charge in [0, 0.05) is 23.9 Å². The van der Waals surface area contributed by atoms with E-state index in [0.717, 1.165) is 6.07 Å². The van der Waals surface area contributed by atoms with E-state index in [2.05, 4.69) is 10.3 Å². The Balaban J connectivity index is 1.89. The Morgan fingerprint density at radius 2 is 2.04 bits per heavy atom. The molecular formula is C18H20F2N2O2. The predicted molar refractivity (Wildman–Crippen MR) is 87.0 cm³/mol. The van der Waals surface area contributed by atoms with Crippen LogP contribution in [0, 0.1) is 11.6 Å². The van der Waals surface area contributed by atoms with Crippen molar-refractivity contribution in [2.45, 2.75) is 32.7 Å². The normalized spacial score (nSPS) is 11.8. The third-order valence-electron chi connectivity index (χ3n) is 3.52. The minimum atomic E-state index is -0.858. The molecule has 0 saturated heterocycles. The number of carbonyl (C=O) groups excluding carboxylic acids is 1. The molecular weight excluding hydrogens is 314 g/mol. The first-order valence-corrected chi connectivity index (χ1v) is 7.83. The largest absolute Gasteiger partial charge is 0.478 e. The highest BCUT2D eigenvalue weighted by molar-refractivity contribution is 5.94. The van der Waals surface area contributed by atoms with Crippen molar-refractivity contribution in [2.24, 2.45) is 0 Å². The summed E-state index contributed by atoms with van der Waals surface area (Å²) in [4.78, 5) is 16.2. The van der Waals surface area contributed by atoms with Gasteiger partial charge in [0.25, 0.3) is 5.91 Å². The molecule has 2 rings (SSSR count). The molecule has 128 valence electrons. The van der Waals surface area contributed by atoms with Crippen molar-refractivity contribution in [1.29, 1.82) is 0 Å². The van der Waals surface area contributed by atoms with Gasteiger partial charge < -0.3 is 10.1 Å². The number of nitrogens with zero attached hydrogens (tertiary/aromatic N) is 1. The topological polar surface area (TPSA) is 51.2 Å². The first kappa shape index (κ1) is 17.8. The van der Waals surface area contributed by atoms with Gasteiger partial charge in [-0.15, -0.1) is 0 Å². The van der Waals surface area contributed by atoms with Crippen LogP contribution in [0.5, 0.6) is 5.88 Å². The Kier molecular flexibility index (Phi) is 6.23. The number of pyridine rings is 1. The van der Waals surface area contributed by atoms with E-state index in [9.17, 15) is 13.6 Å². The molecule has 0 radical (unpaired) electrons. The summed E-state index contributed by atoms with van der Waals surface area (Å²) in [6.07, 6.45) is 2.67. The molecule has 0 saturated carbocycles. The van der Waals surface area contributed by atoms with Crippen LogP contribution >= 0.6 is 0 Å². The Morgan fingerprint density at radius 3 is 2.75 bits per heavy atom. The van der Waals surface area contributed by atoms with Crippen molar-refractivity contribution in [1.82, 2.24) is 10.3 Å². The number of ether oxygens (including phenoxy) is 1. The van der Waals surface area contributed by atoms with Crippen molar-refractivity contribution < 1.29 is 18.3 Å². The van der Waals surface area contributed by atoms with Crippen LogP contribution in [-0.4, -0.2) is 23.5 Å². The number of amides is 1. The second-order valence-electron chi connectivity index (χ2n) is 5.48. The lowest BCUT2D eigenvalue weighted by molar-refractivity contribution is 0.0937. The summed E-state index contributed by atoms with van der Waals surface area (Å²) in [5.41, 5.74) is 1.16. The lowest BCUT2D eigenvalue weighted by Crippen LogP contribution is -2.32. The molecule has 24 heavy (non-hydrogen) atoms. The fourth-order valence-corrected chi connectivity index (χ4v) is 2.24. The average molecular weight is 334 g/mol. The van der Waals surface area contributed by atoms with Crippen LogP contribution in [0.2, 0.25) is 0 Å². The molecule has 0 fully saturated rings. The highest BCUT2D eigenvalue weighted by atomic mass is 19.2. The van der Waals surface area contributed by atoms with E-state index in [-0.39, 0.29) is 11.9 Å². The van der Waals surface area contributed by atoms with Crippen molar-refractivity contribution in [3.05, 3.63) is 59.3 Å². The van der Waals surface area contributed by atoms with E-state index >= 15 is 0 Å². The zero-order valence-electron chi connectivity index (χ0n) is 13.7. The highest BCUT2D eigenvalue weighted by Crippen LogP contribution is 2.12. The van der Waals surface area contributed by atoms with E-state index < -0.39 is 11.6 Å². The van der Waals surface area contributed by atoms with E-state index in [4.69, 9.17) is 4.74 Å². The number of carbonyl (C=O) groups is 1. The third kappa shape index (κ3) is 5.01. The maximum absolute atomic E-state index is 13.2. The van der Waals surface area contributed by atoms with E-state index in [0.29, 0.717) is 36.5 Å². The molecule has 1 N–H and O–H groups in total. The summed E-state index contributed by atoms with van der Waals surface area (Å²) in [5, 5.41) is 2.87. The van der Waals surface area contributed by atoms with Crippen molar-refractivity contribution in [3.8, 4) is 5.88 Å². The predicted octanol–water partition coefficient (Wildman–Crippen LogP) is 3.51. The minimum Gasteiger partial charge on any atom is -0.478 e. The zero-order chi connectivity index (χ0) is 17.5. The first-order valence-electron chi connectivity index (χ1n) is 7.83. The Labute approximate surface area is 139 Å². The van der Waals surface area contributed by atoms with Gasteiger partial charge in [0.05, 0.1) is 6.61 Å². The van der Waals surface area contributed by atoms with Crippen LogP contribution in [0.1, 0.15) is 36.2 Å². The van der Waals surface area contributed by atoms with Crippen LogP contribution in [0.15, 0.2) is 36.5 Å². The Bertz CT molecular complexity index is 707. The lowest BCUT2D eigenvalue weighted by atomic mass is 10.1. The monoisotopic (exact) mass is 334 g/mol. The Hall–Kier alpha value is -2.50. The molecule has 0 aliphatic rings. The van der Waals surface area contributed by atoms with Gasteiger partial charge in [-0.05, 0) is 50.5 Å². The summed E-state index contributed by atoms with van der Waals surface area (Å²) in [6.45, 7) is 4.18. The number of aromatic nitrogens is 1. The van der Waals surface area contributed by atoms with Crippen LogP contribution in [-0.2, 0) is 6.42 Å². The summed E-state index contributed by atoms with van der Waals surface area (Å²) in [6, 6.07) is 6.92. The second-order valence-corrected chi connectivity index (χ2v) is 5.48. The molecule has 1 amide bonds. The van der Waals surface area contributed by atoms with Gasteiger partial charge in [-0.25, -0.2) is 13.8 Å². The molecule has 1 aromatic carbocycles. The number of rotatable bonds is 7. The fourth-order valence-electron chi connectivity index (χ4n) is 2.24. The number of benzene rings is 1. The van der Waals surface area contributed by atoms with Gasteiger partial charge in [0.2, 0.25) is 5.88 Å². The SMILES string of the molecule is CCOc1cc(C(=O)NC(C)CCc2ccc(F)c(F)c2)ccn1. The van der Waals surface area contributed by atoms with Gasteiger partial charge in [0.1, 0.15) is 0 Å². The third-order valence-corrected chi connectivity index (χ3v) is 3.52. The van der Waals surface area contributed by atoms with Crippen LogP contribution < -0.4 is 10.1 Å². The molecule has 1 atom stereocenters. The number of hydrogen-bond donors (Lipinski definition) is 1. The number of nitrogens with one attached hydrogen (secondary N) is 1. The standard InChI is InChI=1S/C18H20F2N2O2/c1-3-24-17-11-14(8-9-21-17)18(23)22-12(2)4-5-13-6-7-15(19)16(20)10-13/h6-12H,3-5H2,1-2H3,(H,22,23). The lowest BCUT2D eigenvalue weighted by Gasteiger charge is -2.14. The number of halogens is 2. The summed E-state index contributed by atoms with van der Waals surface area (Å²) < 4.78 is 31.3. The number of aryl methyl sites for hydroxylation is 1. The van der Waals surface area contributed by atoms with E-state index in [1.165, 1.54) is 12.3 Å². The Morgan fingerprint density at radius 1 is 1.25 bits per heavy atom.